The summed E-state index contributed by atoms with van der Waals surface area (Å²) in [5.41, 5.74) is 1.64. The summed E-state index contributed by atoms with van der Waals surface area (Å²) < 4.78 is 22.4. The lowest BCUT2D eigenvalue weighted by molar-refractivity contribution is -0.129. The van der Waals surface area contributed by atoms with Crippen LogP contribution in [0.4, 0.5) is 0 Å². The van der Waals surface area contributed by atoms with E-state index < -0.39 is 23.9 Å². The summed E-state index contributed by atoms with van der Waals surface area (Å²) in [7, 11) is 0. The van der Waals surface area contributed by atoms with E-state index >= 15 is 0 Å². The van der Waals surface area contributed by atoms with Crippen LogP contribution < -0.4 is 18.9 Å². The summed E-state index contributed by atoms with van der Waals surface area (Å²) in [6, 6.07) is 23.6. The Hall–Kier alpha value is -6.20. The molecule has 47 heavy (non-hydrogen) atoms. The van der Waals surface area contributed by atoms with Crippen molar-refractivity contribution < 1.29 is 38.1 Å². The fourth-order valence-electron chi connectivity index (χ4n) is 4.07. The molecule has 0 bridgehead atoms. The SMILES string of the molecule is C=CC(=O)Oc1ccc(C(=O)Oc2ccc(OC(=O)c3ccc(OC(=O)C=C)cc3)c(/C=N/C(C)c3nc4ccccc4s3)c2)cc1. The van der Waals surface area contributed by atoms with Gasteiger partial charge in [0.15, 0.2) is 0 Å². The number of thiazole rings is 1. The lowest BCUT2D eigenvalue weighted by Crippen LogP contribution is -2.11. The molecular weight excluding hydrogens is 620 g/mol. The topological polar surface area (TPSA) is 130 Å². The monoisotopic (exact) mass is 646 g/mol. The third-order valence-corrected chi connectivity index (χ3v) is 7.66. The minimum Gasteiger partial charge on any atom is -0.423 e. The van der Waals surface area contributed by atoms with E-state index in [0.29, 0.717) is 5.56 Å². The van der Waals surface area contributed by atoms with Crippen LogP contribution in [0.1, 0.15) is 44.3 Å². The van der Waals surface area contributed by atoms with Crippen molar-refractivity contribution in [3.63, 3.8) is 0 Å². The standard InChI is InChI=1S/C36H26N2O8S/c1-4-32(39)43-26-14-10-23(11-15-26)35(41)45-28-18-19-30(46-36(42)24-12-16-27(17-13-24)44-33(40)5-2)25(20-28)21-37-22(3)34-38-29-8-6-7-9-31(29)47-34/h4-22H,1-2H2,3H3/b37-21+. The largest absolute Gasteiger partial charge is 0.423 e. The maximum absolute atomic E-state index is 13.1. The number of esters is 4. The number of carbonyl (C=O) groups is 4. The molecular formula is C36H26N2O8S. The summed E-state index contributed by atoms with van der Waals surface area (Å²) in [4.78, 5) is 58.2. The number of rotatable bonds is 11. The molecule has 1 heterocycles. The van der Waals surface area contributed by atoms with Crippen molar-refractivity contribution >= 4 is 51.6 Å². The van der Waals surface area contributed by atoms with Crippen LogP contribution in [0, 0.1) is 0 Å². The molecule has 0 N–H and O–H groups in total. The highest BCUT2D eigenvalue weighted by Crippen LogP contribution is 2.30. The lowest BCUT2D eigenvalue weighted by Gasteiger charge is -2.11. The summed E-state index contributed by atoms with van der Waals surface area (Å²) in [5.74, 6) is -1.80. The molecule has 0 amide bonds. The molecule has 5 rings (SSSR count). The van der Waals surface area contributed by atoms with Crippen LogP contribution in [0.5, 0.6) is 23.0 Å². The van der Waals surface area contributed by atoms with Crippen LogP contribution in [0.15, 0.2) is 121 Å². The maximum atomic E-state index is 13.1. The molecule has 5 aromatic rings. The Morgan fingerprint density at radius 1 is 0.723 bits per heavy atom. The Morgan fingerprint density at radius 3 is 1.85 bits per heavy atom. The van der Waals surface area contributed by atoms with E-state index in [0.717, 1.165) is 27.4 Å². The molecule has 11 heteroatoms. The van der Waals surface area contributed by atoms with E-state index in [9.17, 15) is 19.2 Å². The molecule has 0 saturated heterocycles. The highest BCUT2D eigenvalue weighted by molar-refractivity contribution is 7.18. The average Bonchev–Trinajstić information content (AvgIpc) is 3.53. The van der Waals surface area contributed by atoms with Gasteiger partial charge in [-0.2, -0.15) is 0 Å². The molecule has 0 aliphatic carbocycles. The Labute approximate surface area is 273 Å². The van der Waals surface area contributed by atoms with E-state index in [1.165, 1.54) is 84.3 Å². The number of aromatic nitrogens is 1. The molecule has 0 fully saturated rings. The zero-order valence-electron chi connectivity index (χ0n) is 25.0. The van der Waals surface area contributed by atoms with Crippen LogP contribution in [0.3, 0.4) is 0 Å². The molecule has 1 unspecified atom stereocenters. The summed E-state index contributed by atoms with van der Waals surface area (Å²) >= 11 is 1.52. The van der Waals surface area contributed by atoms with Gasteiger partial charge in [0.2, 0.25) is 0 Å². The number of benzene rings is 4. The third-order valence-electron chi connectivity index (χ3n) is 6.45. The number of nitrogens with zero attached hydrogens (tertiary/aromatic N) is 2. The number of fused-ring (bicyclic) bond motifs is 1. The van der Waals surface area contributed by atoms with Crippen molar-refractivity contribution in [1.29, 1.82) is 0 Å². The van der Waals surface area contributed by atoms with Crippen molar-refractivity contribution in [2.75, 3.05) is 0 Å². The predicted molar refractivity (Wildman–Crippen MR) is 177 cm³/mol. The minimum absolute atomic E-state index is 0.158. The van der Waals surface area contributed by atoms with Gasteiger partial charge in [-0.1, -0.05) is 25.3 Å². The lowest BCUT2D eigenvalue weighted by atomic mass is 10.2. The fraction of sp³-hybridized carbons (Fsp3) is 0.0556. The van der Waals surface area contributed by atoms with Gasteiger partial charge in [-0.05, 0) is 85.8 Å². The van der Waals surface area contributed by atoms with Gasteiger partial charge in [-0.15, -0.1) is 11.3 Å². The Morgan fingerprint density at radius 2 is 1.28 bits per heavy atom. The summed E-state index contributed by atoms with van der Waals surface area (Å²) in [6.07, 6.45) is 3.59. The molecule has 10 nitrogen and oxygen atoms in total. The van der Waals surface area contributed by atoms with Crippen molar-refractivity contribution in [1.82, 2.24) is 4.98 Å². The second-order valence-electron chi connectivity index (χ2n) is 9.75. The smallest absolute Gasteiger partial charge is 0.343 e. The zero-order chi connectivity index (χ0) is 33.3. The van der Waals surface area contributed by atoms with E-state index in [-0.39, 0.29) is 40.2 Å². The van der Waals surface area contributed by atoms with Gasteiger partial charge in [-0.3, -0.25) is 4.99 Å². The highest BCUT2D eigenvalue weighted by atomic mass is 32.1. The molecule has 0 aliphatic heterocycles. The van der Waals surface area contributed by atoms with E-state index in [2.05, 4.69) is 23.1 Å². The molecule has 0 aliphatic rings. The van der Waals surface area contributed by atoms with Crippen LogP contribution in [-0.2, 0) is 9.59 Å². The third kappa shape index (κ3) is 8.29. The van der Waals surface area contributed by atoms with Gasteiger partial charge in [0.25, 0.3) is 0 Å². The minimum atomic E-state index is -0.678. The van der Waals surface area contributed by atoms with Gasteiger partial charge < -0.3 is 18.9 Å². The van der Waals surface area contributed by atoms with E-state index in [1.807, 2.05) is 31.2 Å². The van der Waals surface area contributed by atoms with Crippen molar-refractivity contribution in [3.8, 4) is 23.0 Å². The molecule has 0 spiro atoms. The Bertz CT molecular complexity index is 1980. The van der Waals surface area contributed by atoms with Crippen LogP contribution in [0.25, 0.3) is 10.2 Å². The van der Waals surface area contributed by atoms with E-state index in [1.54, 1.807) is 0 Å². The van der Waals surface area contributed by atoms with Gasteiger partial charge >= 0.3 is 23.9 Å². The number of carbonyl (C=O) groups excluding carboxylic acids is 4. The zero-order valence-corrected chi connectivity index (χ0v) is 25.8. The predicted octanol–water partition coefficient (Wildman–Crippen LogP) is 7.10. The first-order valence-corrected chi connectivity index (χ1v) is 14.9. The number of hydrogen-bond donors (Lipinski definition) is 0. The molecule has 0 saturated carbocycles. The first-order chi connectivity index (χ1) is 22.7. The number of hydrogen-bond acceptors (Lipinski definition) is 11. The first kappa shape index (κ1) is 32.2. The maximum Gasteiger partial charge on any atom is 0.343 e. The average molecular weight is 647 g/mol. The van der Waals surface area contributed by atoms with Gasteiger partial charge in [-0.25, -0.2) is 24.2 Å². The number of para-hydroxylation sites is 1. The number of ether oxygens (including phenoxy) is 4. The van der Waals surface area contributed by atoms with Crippen LogP contribution in [-0.4, -0.2) is 35.1 Å². The number of aliphatic imine (C=N–C) groups is 1. The molecule has 1 atom stereocenters. The first-order valence-electron chi connectivity index (χ1n) is 14.1. The van der Waals surface area contributed by atoms with Gasteiger partial charge in [0.05, 0.1) is 27.4 Å². The Balaban J connectivity index is 1.38. The fourth-order valence-corrected chi connectivity index (χ4v) is 5.03. The van der Waals surface area contributed by atoms with Gasteiger partial charge in [0, 0.05) is 23.9 Å². The molecule has 234 valence electrons. The molecule has 0 radical (unpaired) electrons. The molecule has 1 aromatic heterocycles. The van der Waals surface area contributed by atoms with Crippen molar-refractivity contribution in [2.45, 2.75) is 13.0 Å². The van der Waals surface area contributed by atoms with Crippen LogP contribution >= 0.6 is 11.3 Å². The van der Waals surface area contributed by atoms with Gasteiger partial charge in [0.1, 0.15) is 28.0 Å². The van der Waals surface area contributed by atoms with Crippen molar-refractivity contribution in [2.24, 2.45) is 4.99 Å². The second-order valence-corrected chi connectivity index (χ2v) is 10.8. The summed E-state index contributed by atoms with van der Waals surface area (Å²) in [6.45, 7) is 8.59. The normalized spacial score (nSPS) is 11.4. The second kappa shape index (κ2) is 14.7. The Kier molecular flexibility index (Phi) is 10.1. The quantitative estimate of drug-likeness (QED) is 0.0638. The summed E-state index contributed by atoms with van der Waals surface area (Å²) in [5, 5.41) is 0.794. The molecule has 4 aromatic carbocycles. The van der Waals surface area contributed by atoms with Crippen LogP contribution in [0.2, 0.25) is 0 Å². The highest BCUT2D eigenvalue weighted by Gasteiger charge is 2.16. The van der Waals surface area contributed by atoms with E-state index in [4.69, 9.17) is 18.9 Å². The van der Waals surface area contributed by atoms with Crippen molar-refractivity contribution in [3.05, 3.63) is 138 Å².